The molecule has 0 bridgehead atoms. The summed E-state index contributed by atoms with van der Waals surface area (Å²) in [7, 11) is 0. The van der Waals surface area contributed by atoms with Gasteiger partial charge in [0.25, 0.3) is 5.56 Å². The quantitative estimate of drug-likeness (QED) is 0.330. The summed E-state index contributed by atoms with van der Waals surface area (Å²) in [5.74, 6) is 0.721. The molecule has 0 saturated carbocycles. The number of benzene rings is 2. The Morgan fingerprint density at radius 1 is 1.16 bits per heavy atom. The third kappa shape index (κ3) is 4.13. The molecule has 0 saturated heterocycles. The van der Waals surface area contributed by atoms with Crippen molar-refractivity contribution in [2.24, 2.45) is 0 Å². The van der Waals surface area contributed by atoms with Crippen LogP contribution in [0.1, 0.15) is 29.9 Å². The number of quaternary nitrogens is 1. The largest absolute Gasteiger partial charge is 0.328 e. The molecule has 0 aliphatic carbocycles. The van der Waals surface area contributed by atoms with Crippen molar-refractivity contribution in [2.75, 3.05) is 6.54 Å². The first-order chi connectivity index (χ1) is 15.5. The van der Waals surface area contributed by atoms with E-state index in [0.29, 0.717) is 6.04 Å². The summed E-state index contributed by atoms with van der Waals surface area (Å²) in [6.45, 7) is 6.57. The standard InChI is InChI=1S/C25H24ClN3OS2/c1-16(2)28-13-12-20-21(14-28)32-23-22(20)24(30)29(19-6-4-3-5-7-19)25(27-23)31-15-17-8-10-18(26)11-9-17/h3-11,16H,12-15H2,1-2H3/p+1. The van der Waals surface area contributed by atoms with Crippen LogP contribution in [0.15, 0.2) is 64.5 Å². The number of thioether (sulfide) groups is 1. The van der Waals surface area contributed by atoms with E-state index in [0.717, 1.165) is 56.9 Å². The van der Waals surface area contributed by atoms with Crippen molar-refractivity contribution in [1.82, 2.24) is 9.55 Å². The van der Waals surface area contributed by atoms with Gasteiger partial charge in [-0.25, -0.2) is 4.98 Å². The Morgan fingerprint density at radius 3 is 2.62 bits per heavy atom. The van der Waals surface area contributed by atoms with Crippen LogP contribution in [0, 0.1) is 0 Å². The van der Waals surface area contributed by atoms with Crippen molar-refractivity contribution in [1.29, 1.82) is 0 Å². The summed E-state index contributed by atoms with van der Waals surface area (Å²) in [6.07, 6.45) is 0.936. The fourth-order valence-electron chi connectivity index (χ4n) is 4.24. The number of hydrogen-bond acceptors (Lipinski definition) is 4. The Balaban J connectivity index is 1.62. The average molecular weight is 483 g/mol. The van der Waals surface area contributed by atoms with Gasteiger partial charge in [0.1, 0.15) is 11.4 Å². The lowest BCUT2D eigenvalue weighted by molar-refractivity contribution is -0.936. The fourth-order valence-corrected chi connectivity index (χ4v) is 6.65. The van der Waals surface area contributed by atoms with Crippen LogP contribution in [0.4, 0.5) is 0 Å². The van der Waals surface area contributed by atoms with Crippen LogP contribution in [-0.4, -0.2) is 22.1 Å². The minimum atomic E-state index is 0.0466. The molecule has 1 atom stereocenters. The minimum absolute atomic E-state index is 0.0466. The van der Waals surface area contributed by atoms with E-state index >= 15 is 0 Å². The Labute approximate surface area is 200 Å². The van der Waals surface area contributed by atoms with Gasteiger partial charge in [-0.2, -0.15) is 0 Å². The van der Waals surface area contributed by atoms with Crippen LogP contribution < -0.4 is 10.5 Å². The molecule has 1 aliphatic rings. The van der Waals surface area contributed by atoms with Gasteiger partial charge in [0.05, 0.1) is 28.5 Å². The third-order valence-corrected chi connectivity index (χ3v) is 8.46. The van der Waals surface area contributed by atoms with Gasteiger partial charge < -0.3 is 4.90 Å². The SMILES string of the molecule is CC(C)[NH+]1CCc2c(sc3nc(SCc4ccc(Cl)cc4)n(-c4ccccc4)c(=O)c23)C1. The fraction of sp³-hybridized carbons (Fsp3) is 0.280. The zero-order valence-corrected chi connectivity index (χ0v) is 20.5. The molecular formula is C25H25ClN3OS2+. The molecule has 0 amide bonds. The highest BCUT2D eigenvalue weighted by molar-refractivity contribution is 7.98. The first kappa shape index (κ1) is 21.7. The van der Waals surface area contributed by atoms with Crippen LogP contribution in [0.5, 0.6) is 0 Å². The van der Waals surface area contributed by atoms with Crippen LogP contribution in [0.2, 0.25) is 5.02 Å². The number of aromatic nitrogens is 2. The molecule has 7 heteroatoms. The molecule has 4 aromatic rings. The lowest BCUT2D eigenvalue weighted by Gasteiger charge is -2.27. The smallest absolute Gasteiger partial charge is 0.267 e. The Morgan fingerprint density at radius 2 is 1.91 bits per heavy atom. The number of fused-ring (bicyclic) bond motifs is 3. The Hall–Kier alpha value is -2.12. The van der Waals surface area contributed by atoms with Crippen molar-refractivity contribution >= 4 is 44.9 Å². The van der Waals surface area contributed by atoms with Gasteiger partial charge in [-0.3, -0.25) is 9.36 Å². The lowest BCUT2D eigenvalue weighted by Crippen LogP contribution is -3.14. The summed E-state index contributed by atoms with van der Waals surface area (Å²) < 4.78 is 1.79. The third-order valence-electron chi connectivity index (χ3n) is 6.07. The maximum absolute atomic E-state index is 13.8. The molecule has 4 nitrogen and oxygen atoms in total. The molecule has 164 valence electrons. The van der Waals surface area contributed by atoms with Crippen LogP contribution in [0.25, 0.3) is 15.9 Å². The molecule has 1 N–H and O–H groups in total. The zero-order valence-electron chi connectivity index (χ0n) is 18.1. The minimum Gasteiger partial charge on any atom is -0.328 e. The van der Waals surface area contributed by atoms with Gasteiger partial charge >= 0.3 is 0 Å². The number of halogens is 1. The molecule has 2 aromatic carbocycles. The number of para-hydroxylation sites is 1. The molecule has 0 radical (unpaired) electrons. The van der Waals surface area contributed by atoms with Crippen molar-refractivity contribution in [3.8, 4) is 5.69 Å². The van der Waals surface area contributed by atoms with Gasteiger partial charge in [0, 0.05) is 17.2 Å². The van der Waals surface area contributed by atoms with E-state index in [9.17, 15) is 4.79 Å². The van der Waals surface area contributed by atoms with Crippen LogP contribution in [0.3, 0.4) is 0 Å². The summed E-state index contributed by atoms with van der Waals surface area (Å²) >= 11 is 9.33. The van der Waals surface area contributed by atoms with Crippen LogP contribution >= 0.6 is 34.7 Å². The second kappa shape index (κ2) is 9.02. The second-order valence-electron chi connectivity index (χ2n) is 8.46. The normalized spacial score (nSPS) is 15.9. The highest BCUT2D eigenvalue weighted by Crippen LogP contribution is 2.32. The number of nitrogens with one attached hydrogen (secondary N) is 1. The number of nitrogens with zero attached hydrogens (tertiary/aromatic N) is 2. The first-order valence-corrected chi connectivity index (χ1v) is 13.0. The molecule has 1 aliphatic heterocycles. The van der Waals surface area contributed by atoms with Crippen LogP contribution in [-0.2, 0) is 18.7 Å². The second-order valence-corrected chi connectivity index (χ2v) is 10.9. The Kier molecular flexibility index (Phi) is 6.12. The van der Waals surface area contributed by atoms with Crippen molar-refractivity contribution in [2.45, 2.75) is 43.8 Å². The predicted octanol–water partition coefficient (Wildman–Crippen LogP) is 4.74. The number of thiophene rings is 1. The molecule has 0 fully saturated rings. The van der Waals surface area contributed by atoms with Crippen molar-refractivity contribution in [3.05, 3.63) is 86.0 Å². The van der Waals surface area contributed by atoms with Crippen molar-refractivity contribution in [3.63, 3.8) is 0 Å². The number of hydrogen-bond donors (Lipinski definition) is 1. The van der Waals surface area contributed by atoms with E-state index in [1.807, 2.05) is 54.6 Å². The molecular weight excluding hydrogens is 458 g/mol. The van der Waals surface area contributed by atoms with E-state index in [1.165, 1.54) is 10.4 Å². The molecule has 1 unspecified atom stereocenters. The monoisotopic (exact) mass is 482 g/mol. The van der Waals surface area contributed by atoms with E-state index < -0.39 is 0 Å². The molecule has 2 aromatic heterocycles. The van der Waals surface area contributed by atoms with E-state index in [4.69, 9.17) is 16.6 Å². The first-order valence-electron chi connectivity index (χ1n) is 10.9. The predicted molar refractivity (Wildman–Crippen MR) is 135 cm³/mol. The molecule has 0 spiro atoms. The summed E-state index contributed by atoms with van der Waals surface area (Å²) in [5, 5.41) is 2.27. The average Bonchev–Trinajstić information content (AvgIpc) is 3.17. The van der Waals surface area contributed by atoms with E-state index in [1.54, 1.807) is 32.6 Å². The highest BCUT2D eigenvalue weighted by atomic mass is 35.5. The Bertz CT molecular complexity index is 1310. The van der Waals surface area contributed by atoms with Gasteiger partial charge in [-0.05, 0) is 49.2 Å². The van der Waals surface area contributed by atoms with E-state index in [-0.39, 0.29) is 5.56 Å². The zero-order chi connectivity index (χ0) is 22.2. The summed E-state index contributed by atoms with van der Waals surface area (Å²) in [4.78, 5) is 22.6. The number of rotatable bonds is 5. The summed E-state index contributed by atoms with van der Waals surface area (Å²) in [6, 6.07) is 18.3. The lowest BCUT2D eigenvalue weighted by atomic mass is 10.0. The topological polar surface area (TPSA) is 39.3 Å². The maximum Gasteiger partial charge on any atom is 0.267 e. The molecule has 32 heavy (non-hydrogen) atoms. The molecule has 5 rings (SSSR count). The summed E-state index contributed by atoms with van der Waals surface area (Å²) in [5.41, 5.74) is 3.27. The van der Waals surface area contributed by atoms with Gasteiger partial charge in [0.15, 0.2) is 5.16 Å². The molecule has 3 heterocycles. The van der Waals surface area contributed by atoms with E-state index in [2.05, 4.69) is 13.8 Å². The van der Waals surface area contributed by atoms with Gasteiger partial charge in [-0.1, -0.05) is 53.7 Å². The van der Waals surface area contributed by atoms with Crippen molar-refractivity contribution < 1.29 is 4.90 Å². The maximum atomic E-state index is 13.8. The highest BCUT2D eigenvalue weighted by Gasteiger charge is 2.28. The van der Waals surface area contributed by atoms with Gasteiger partial charge in [-0.15, -0.1) is 11.3 Å². The van der Waals surface area contributed by atoms with Gasteiger partial charge in [0.2, 0.25) is 0 Å².